The van der Waals surface area contributed by atoms with Crippen molar-refractivity contribution in [3.8, 4) is 0 Å². The second-order valence-corrected chi connectivity index (χ2v) is 3.25. The van der Waals surface area contributed by atoms with Crippen LogP contribution in [0.2, 0.25) is 0 Å². The molecule has 0 saturated carbocycles. The van der Waals surface area contributed by atoms with Crippen LogP contribution in [-0.4, -0.2) is 14.4 Å². The predicted molar refractivity (Wildman–Crippen MR) is 56.8 cm³/mol. The summed E-state index contributed by atoms with van der Waals surface area (Å²) in [6, 6.07) is 7.08. The van der Waals surface area contributed by atoms with Crippen molar-refractivity contribution < 1.29 is 0 Å². The van der Waals surface area contributed by atoms with E-state index in [9.17, 15) is 4.79 Å². The standard InChI is InChI=1S/C11H7N3O/c15-10-4-7-14-6-3-9-8(11(14)13-10)2-1-5-12-9/h1-7H. The summed E-state index contributed by atoms with van der Waals surface area (Å²) in [4.78, 5) is 19.4. The van der Waals surface area contributed by atoms with Crippen LogP contribution in [-0.2, 0) is 0 Å². The zero-order valence-electron chi connectivity index (χ0n) is 7.79. The molecular weight excluding hydrogens is 190 g/mol. The van der Waals surface area contributed by atoms with Gasteiger partial charge in [-0.25, -0.2) is 0 Å². The first kappa shape index (κ1) is 8.11. The van der Waals surface area contributed by atoms with Crippen LogP contribution in [0.15, 0.2) is 47.7 Å². The number of hydrogen-bond donors (Lipinski definition) is 0. The summed E-state index contributed by atoms with van der Waals surface area (Å²) >= 11 is 0. The third-order valence-electron chi connectivity index (χ3n) is 2.31. The molecule has 0 N–H and O–H groups in total. The monoisotopic (exact) mass is 197 g/mol. The molecule has 72 valence electrons. The van der Waals surface area contributed by atoms with Crippen LogP contribution in [0.25, 0.3) is 16.6 Å². The number of rotatable bonds is 0. The minimum absolute atomic E-state index is 0.230. The van der Waals surface area contributed by atoms with Crippen molar-refractivity contribution in [2.24, 2.45) is 0 Å². The number of aromatic nitrogens is 3. The molecule has 0 unspecified atom stereocenters. The summed E-state index contributed by atoms with van der Waals surface area (Å²) in [6.07, 6.45) is 5.27. The third-order valence-corrected chi connectivity index (χ3v) is 2.31. The molecule has 0 aliphatic heterocycles. The third kappa shape index (κ3) is 1.19. The number of hydrogen-bond acceptors (Lipinski definition) is 3. The van der Waals surface area contributed by atoms with Crippen molar-refractivity contribution in [2.75, 3.05) is 0 Å². The Bertz CT molecular complexity index is 703. The minimum Gasteiger partial charge on any atom is -0.308 e. The summed E-state index contributed by atoms with van der Waals surface area (Å²) in [5.41, 5.74) is 1.26. The van der Waals surface area contributed by atoms with Crippen molar-refractivity contribution in [3.05, 3.63) is 53.2 Å². The molecule has 3 aromatic heterocycles. The van der Waals surface area contributed by atoms with Gasteiger partial charge in [0.1, 0.15) is 5.65 Å². The van der Waals surface area contributed by atoms with E-state index in [0.717, 1.165) is 10.9 Å². The maximum absolute atomic E-state index is 11.2. The molecule has 0 radical (unpaired) electrons. The van der Waals surface area contributed by atoms with Gasteiger partial charge in [0.05, 0.1) is 5.52 Å². The molecule has 0 aromatic carbocycles. The van der Waals surface area contributed by atoms with Crippen molar-refractivity contribution >= 4 is 16.6 Å². The topological polar surface area (TPSA) is 47.3 Å². The molecule has 0 atom stereocenters. The van der Waals surface area contributed by atoms with Gasteiger partial charge in [0.25, 0.3) is 5.56 Å². The van der Waals surface area contributed by atoms with E-state index < -0.39 is 0 Å². The molecule has 0 spiro atoms. The van der Waals surface area contributed by atoms with Crippen molar-refractivity contribution in [3.63, 3.8) is 0 Å². The zero-order valence-corrected chi connectivity index (χ0v) is 7.79. The highest BCUT2D eigenvalue weighted by molar-refractivity contribution is 5.90. The quantitative estimate of drug-likeness (QED) is 0.509. The van der Waals surface area contributed by atoms with E-state index in [-0.39, 0.29) is 5.56 Å². The molecule has 0 aliphatic rings. The van der Waals surface area contributed by atoms with Crippen molar-refractivity contribution in [2.45, 2.75) is 0 Å². The molecule has 3 rings (SSSR count). The van der Waals surface area contributed by atoms with E-state index in [1.165, 1.54) is 6.07 Å². The first-order chi connectivity index (χ1) is 7.34. The van der Waals surface area contributed by atoms with Crippen LogP contribution in [0.4, 0.5) is 0 Å². The molecule has 0 aliphatic carbocycles. The largest absolute Gasteiger partial charge is 0.308 e. The zero-order chi connectivity index (χ0) is 10.3. The van der Waals surface area contributed by atoms with Crippen LogP contribution in [0.1, 0.15) is 0 Å². The SMILES string of the molecule is O=c1ccn2ccc3ncccc3c2n1. The van der Waals surface area contributed by atoms with Crippen molar-refractivity contribution in [1.82, 2.24) is 14.4 Å². The highest BCUT2D eigenvalue weighted by Crippen LogP contribution is 2.14. The summed E-state index contributed by atoms with van der Waals surface area (Å²) in [5.74, 6) is 0. The lowest BCUT2D eigenvalue weighted by atomic mass is 10.2. The van der Waals surface area contributed by atoms with E-state index in [1.54, 1.807) is 12.4 Å². The molecule has 15 heavy (non-hydrogen) atoms. The fourth-order valence-corrected chi connectivity index (χ4v) is 1.62. The molecule has 0 saturated heterocycles. The second kappa shape index (κ2) is 2.88. The average molecular weight is 197 g/mol. The number of fused-ring (bicyclic) bond motifs is 3. The fourth-order valence-electron chi connectivity index (χ4n) is 1.62. The van der Waals surface area contributed by atoms with Gasteiger partial charge in [0, 0.05) is 30.0 Å². The van der Waals surface area contributed by atoms with Gasteiger partial charge in [-0.15, -0.1) is 0 Å². The van der Waals surface area contributed by atoms with E-state index in [4.69, 9.17) is 0 Å². The molecule has 0 bridgehead atoms. The minimum atomic E-state index is -0.230. The second-order valence-electron chi connectivity index (χ2n) is 3.25. The normalized spacial score (nSPS) is 10.9. The maximum Gasteiger partial charge on any atom is 0.273 e. The lowest BCUT2D eigenvalue weighted by Crippen LogP contribution is -2.07. The Hall–Kier alpha value is -2.23. The first-order valence-electron chi connectivity index (χ1n) is 4.57. The van der Waals surface area contributed by atoms with E-state index in [1.807, 2.05) is 28.8 Å². The molecule has 3 heterocycles. The molecule has 4 nitrogen and oxygen atoms in total. The predicted octanol–water partition coefficient (Wildman–Crippen LogP) is 1.24. The molecule has 3 aromatic rings. The summed E-state index contributed by atoms with van der Waals surface area (Å²) in [6.45, 7) is 0. The van der Waals surface area contributed by atoms with Gasteiger partial charge in [-0.05, 0) is 18.2 Å². The summed E-state index contributed by atoms with van der Waals surface area (Å²) in [5, 5.41) is 0.887. The Kier molecular flexibility index (Phi) is 1.56. The Morgan fingerprint density at radius 1 is 1.13 bits per heavy atom. The molecule has 4 heteroatoms. The van der Waals surface area contributed by atoms with Gasteiger partial charge in [-0.3, -0.25) is 9.78 Å². The average Bonchev–Trinajstić information content (AvgIpc) is 2.29. The Morgan fingerprint density at radius 3 is 2.93 bits per heavy atom. The van der Waals surface area contributed by atoms with Gasteiger partial charge in [0.2, 0.25) is 0 Å². The van der Waals surface area contributed by atoms with Crippen LogP contribution in [0.5, 0.6) is 0 Å². The first-order valence-corrected chi connectivity index (χ1v) is 4.57. The lowest BCUT2D eigenvalue weighted by molar-refractivity contribution is 1.08. The van der Waals surface area contributed by atoms with Gasteiger partial charge >= 0.3 is 0 Å². The fraction of sp³-hybridized carbons (Fsp3) is 0. The summed E-state index contributed by atoms with van der Waals surface area (Å²) < 4.78 is 1.81. The lowest BCUT2D eigenvalue weighted by Gasteiger charge is -2.02. The maximum atomic E-state index is 11.2. The van der Waals surface area contributed by atoms with E-state index in [0.29, 0.717) is 5.65 Å². The van der Waals surface area contributed by atoms with E-state index >= 15 is 0 Å². The highest BCUT2D eigenvalue weighted by atomic mass is 16.1. The van der Waals surface area contributed by atoms with Crippen LogP contribution >= 0.6 is 0 Å². The smallest absolute Gasteiger partial charge is 0.273 e. The van der Waals surface area contributed by atoms with Gasteiger partial charge in [0.15, 0.2) is 0 Å². The van der Waals surface area contributed by atoms with Gasteiger partial charge < -0.3 is 4.40 Å². The van der Waals surface area contributed by atoms with Gasteiger partial charge in [-0.1, -0.05) is 0 Å². The number of pyridine rings is 2. The molecule has 0 amide bonds. The van der Waals surface area contributed by atoms with Gasteiger partial charge in [-0.2, -0.15) is 4.98 Å². The van der Waals surface area contributed by atoms with Crippen LogP contribution in [0.3, 0.4) is 0 Å². The molecule has 0 fully saturated rings. The van der Waals surface area contributed by atoms with Crippen LogP contribution < -0.4 is 5.56 Å². The van der Waals surface area contributed by atoms with Crippen molar-refractivity contribution in [1.29, 1.82) is 0 Å². The summed E-state index contributed by atoms with van der Waals surface area (Å²) in [7, 11) is 0. The Balaban J connectivity index is 2.63. The highest BCUT2D eigenvalue weighted by Gasteiger charge is 2.00. The van der Waals surface area contributed by atoms with E-state index in [2.05, 4.69) is 9.97 Å². The number of nitrogens with zero attached hydrogens (tertiary/aromatic N) is 3. The Morgan fingerprint density at radius 2 is 2.00 bits per heavy atom. The van der Waals surface area contributed by atoms with Crippen LogP contribution in [0, 0.1) is 0 Å². The molecular formula is C11H7N3O. The Labute approximate surface area is 84.8 Å².